The molecule has 0 aliphatic rings. The van der Waals surface area contributed by atoms with E-state index in [4.69, 9.17) is 10.9 Å². The number of nitrogens with two attached hydrogens (primary N) is 1. The lowest BCUT2D eigenvalue weighted by atomic mass is 10.1. The van der Waals surface area contributed by atoms with Crippen LogP contribution >= 0.6 is 0 Å². The van der Waals surface area contributed by atoms with Gasteiger partial charge in [-0.1, -0.05) is 25.4 Å². The van der Waals surface area contributed by atoms with Gasteiger partial charge >= 0.3 is 0 Å². The number of oxime groups is 1. The summed E-state index contributed by atoms with van der Waals surface area (Å²) in [4.78, 5) is 0. The molecule has 1 unspecified atom stereocenters. The van der Waals surface area contributed by atoms with Crippen LogP contribution in [0.1, 0.15) is 46.0 Å². The number of hydrogen-bond donors (Lipinski definition) is 3. The maximum atomic E-state index is 8.32. The number of rotatable bonds is 8. The third-order valence-electron chi connectivity index (χ3n) is 2.30. The van der Waals surface area contributed by atoms with Gasteiger partial charge in [0.1, 0.15) is 5.84 Å². The van der Waals surface area contributed by atoms with Crippen molar-refractivity contribution in [1.82, 2.24) is 5.32 Å². The monoisotopic (exact) mass is 201 g/mol. The smallest absolute Gasteiger partial charge is 0.139 e. The first-order valence-corrected chi connectivity index (χ1v) is 5.44. The SMILES string of the molecule is CCCC(CC)NCCCC(N)=NO. The van der Waals surface area contributed by atoms with Crippen LogP contribution < -0.4 is 11.1 Å². The van der Waals surface area contributed by atoms with Crippen molar-refractivity contribution in [2.75, 3.05) is 6.54 Å². The van der Waals surface area contributed by atoms with Crippen LogP contribution in [0.3, 0.4) is 0 Å². The second-order valence-corrected chi connectivity index (χ2v) is 3.54. The van der Waals surface area contributed by atoms with Crippen LogP contribution in [0, 0.1) is 0 Å². The summed E-state index contributed by atoms with van der Waals surface area (Å²) in [7, 11) is 0. The third kappa shape index (κ3) is 6.71. The molecule has 84 valence electrons. The first-order chi connectivity index (χ1) is 6.74. The lowest BCUT2D eigenvalue weighted by Gasteiger charge is -2.15. The van der Waals surface area contributed by atoms with Crippen molar-refractivity contribution in [3.8, 4) is 0 Å². The molecular weight excluding hydrogens is 178 g/mol. The third-order valence-corrected chi connectivity index (χ3v) is 2.30. The lowest BCUT2D eigenvalue weighted by Crippen LogP contribution is -2.29. The highest BCUT2D eigenvalue weighted by Crippen LogP contribution is 2.00. The Hall–Kier alpha value is -0.770. The molecule has 0 fully saturated rings. The van der Waals surface area contributed by atoms with Crippen LogP contribution in [0.25, 0.3) is 0 Å². The fourth-order valence-corrected chi connectivity index (χ4v) is 1.42. The normalized spacial score (nSPS) is 14.3. The number of hydrogen-bond acceptors (Lipinski definition) is 3. The number of nitrogens with one attached hydrogen (secondary N) is 1. The maximum absolute atomic E-state index is 8.32. The van der Waals surface area contributed by atoms with E-state index in [1.54, 1.807) is 0 Å². The zero-order chi connectivity index (χ0) is 10.8. The van der Waals surface area contributed by atoms with E-state index in [1.165, 1.54) is 12.8 Å². The molecule has 0 rings (SSSR count). The van der Waals surface area contributed by atoms with E-state index < -0.39 is 0 Å². The predicted octanol–water partition coefficient (Wildman–Crippen LogP) is 1.68. The van der Waals surface area contributed by atoms with Crippen molar-refractivity contribution in [3.63, 3.8) is 0 Å². The average molecular weight is 201 g/mol. The molecule has 0 amide bonds. The molecule has 4 heteroatoms. The minimum atomic E-state index is 0.315. The van der Waals surface area contributed by atoms with Gasteiger partial charge in [0.05, 0.1) is 0 Å². The Morgan fingerprint density at radius 1 is 1.50 bits per heavy atom. The summed E-state index contributed by atoms with van der Waals surface area (Å²) in [6.45, 7) is 5.33. The first-order valence-electron chi connectivity index (χ1n) is 5.44. The van der Waals surface area contributed by atoms with E-state index in [9.17, 15) is 0 Å². The van der Waals surface area contributed by atoms with Crippen LogP contribution in [0.2, 0.25) is 0 Å². The van der Waals surface area contributed by atoms with E-state index in [1.807, 2.05) is 0 Å². The molecule has 0 aliphatic heterocycles. The predicted molar refractivity (Wildman–Crippen MR) is 59.6 cm³/mol. The summed E-state index contributed by atoms with van der Waals surface area (Å²) < 4.78 is 0. The molecule has 0 saturated heterocycles. The molecule has 0 bridgehead atoms. The van der Waals surface area contributed by atoms with E-state index in [-0.39, 0.29) is 0 Å². The molecule has 4 nitrogen and oxygen atoms in total. The van der Waals surface area contributed by atoms with Crippen molar-refractivity contribution in [2.45, 2.75) is 52.0 Å². The average Bonchev–Trinajstić information content (AvgIpc) is 2.22. The largest absolute Gasteiger partial charge is 0.409 e. The van der Waals surface area contributed by atoms with Crippen molar-refractivity contribution in [3.05, 3.63) is 0 Å². The second kappa shape index (κ2) is 8.81. The number of nitrogens with zero attached hydrogens (tertiary/aromatic N) is 1. The molecule has 0 heterocycles. The van der Waals surface area contributed by atoms with Crippen LogP contribution in [0.5, 0.6) is 0 Å². The van der Waals surface area contributed by atoms with Crippen molar-refractivity contribution < 1.29 is 5.21 Å². The van der Waals surface area contributed by atoms with Gasteiger partial charge in [-0.25, -0.2) is 0 Å². The molecule has 14 heavy (non-hydrogen) atoms. The minimum absolute atomic E-state index is 0.315. The molecule has 1 atom stereocenters. The van der Waals surface area contributed by atoms with Gasteiger partial charge in [0.25, 0.3) is 0 Å². The van der Waals surface area contributed by atoms with Crippen molar-refractivity contribution >= 4 is 5.84 Å². The van der Waals surface area contributed by atoms with Crippen molar-refractivity contribution in [2.24, 2.45) is 10.9 Å². The topological polar surface area (TPSA) is 70.6 Å². The standard InChI is InChI=1S/C10H23N3O/c1-3-6-9(4-2)12-8-5-7-10(11)13-14/h9,12,14H,3-8H2,1-2H3,(H2,11,13). The second-order valence-electron chi connectivity index (χ2n) is 3.54. The van der Waals surface area contributed by atoms with Gasteiger partial charge in [-0.05, 0) is 25.8 Å². The van der Waals surface area contributed by atoms with E-state index >= 15 is 0 Å². The maximum Gasteiger partial charge on any atom is 0.139 e. The van der Waals surface area contributed by atoms with Gasteiger partial charge in [0, 0.05) is 12.5 Å². The highest BCUT2D eigenvalue weighted by atomic mass is 16.4. The molecule has 0 aromatic rings. The summed E-state index contributed by atoms with van der Waals surface area (Å²) in [5, 5.41) is 14.7. The Kier molecular flexibility index (Phi) is 8.33. The first kappa shape index (κ1) is 13.2. The Labute approximate surface area is 86.6 Å². The highest BCUT2D eigenvalue weighted by Gasteiger charge is 2.02. The summed E-state index contributed by atoms with van der Waals surface area (Å²) in [5.74, 6) is 0.315. The van der Waals surface area contributed by atoms with Gasteiger partial charge in [0.15, 0.2) is 0 Å². The summed E-state index contributed by atoms with van der Waals surface area (Å²) >= 11 is 0. The highest BCUT2D eigenvalue weighted by molar-refractivity contribution is 5.79. The fraction of sp³-hybridized carbons (Fsp3) is 0.900. The van der Waals surface area contributed by atoms with Crippen LogP contribution in [0.4, 0.5) is 0 Å². The molecule has 0 aliphatic carbocycles. The Morgan fingerprint density at radius 2 is 2.21 bits per heavy atom. The molecule has 0 saturated carbocycles. The van der Waals surface area contributed by atoms with Crippen molar-refractivity contribution in [1.29, 1.82) is 0 Å². The lowest BCUT2D eigenvalue weighted by molar-refractivity contribution is 0.316. The van der Waals surface area contributed by atoms with E-state index in [2.05, 4.69) is 24.3 Å². The zero-order valence-electron chi connectivity index (χ0n) is 9.29. The summed E-state index contributed by atoms with van der Waals surface area (Å²) in [5.41, 5.74) is 5.35. The summed E-state index contributed by atoms with van der Waals surface area (Å²) in [6, 6.07) is 0.618. The van der Waals surface area contributed by atoms with E-state index in [0.29, 0.717) is 18.3 Å². The Morgan fingerprint density at radius 3 is 2.71 bits per heavy atom. The fourth-order valence-electron chi connectivity index (χ4n) is 1.42. The minimum Gasteiger partial charge on any atom is -0.409 e. The molecular formula is C10H23N3O. The van der Waals surface area contributed by atoms with Gasteiger partial charge in [-0.2, -0.15) is 0 Å². The summed E-state index contributed by atoms with van der Waals surface area (Å²) in [6.07, 6.45) is 5.19. The van der Waals surface area contributed by atoms with Crippen LogP contribution in [-0.4, -0.2) is 23.6 Å². The molecule has 0 aromatic carbocycles. The van der Waals surface area contributed by atoms with Gasteiger partial charge in [-0.15, -0.1) is 0 Å². The van der Waals surface area contributed by atoms with Gasteiger partial charge in [-0.3, -0.25) is 0 Å². The van der Waals surface area contributed by atoms with Gasteiger partial charge in [0.2, 0.25) is 0 Å². The van der Waals surface area contributed by atoms with Crippen LogP contribution in [0.15, 0.2) is 5.16 Å². The molecule has 0 spiro atoms. The molecule has 0 radical (unpaired) electrons. The molecule has 0 aromatic heterocycles. The Balaban J connectivity index is 3.41. The van der Waals surface area contributed by atoms with E-state index in [0.717, 1.165) is 19.4 Å². The molecule has 4 N–H and O–H groups in total. The zero-order valence-corrected chi connectivity index (χ0v) is 9.29. The Bertz CT molecular complexity index is 159. The number of amidine groups is 1. The van der Waals surface area contributed by atoms with Crippen LogP contribution in [-0.2, 0) is 0 Å². The quantitative estimate of drug-likeness (QED) is 0.184. The van der Waals surface area contributed by atoms with Gasteiger partial charge < -0.3 is 16.3 Å².